The van der Waals surface area contributed by atoms with E-state index in [1.807, 2.05) is 31.3 Å². The molecule has 4 N–H and O–H groups in total. The lowest BCUT2D eigenvalue weighted by Crippen LogP contribution is -2.43. The van der Waals surface area contributed by atoms with Crippen molar-refractivity contribution in [2.45, 2.75) is 25.9 Å². The number of fused-ring (bicyclic) bond motifs is 1. The Balaban J connectivity index is 1.71. The number of carbonyl (C=O) groups is 1. The highest BCUT2D eigenvalue weighted by molar-refractivity contribution is 5.93. The van der Waals surface area contributed by atoms with E-state index in [1.54, 1.807) is 6.92 Å². The van der Waals surface area contributed by atoms with Crippen LogP contribution < -0.4 is 16.6 Å². The van der Waals surface area contributed by atoms with Gasteiger partial charge in [-0.25, -0.2) is 0 Å². The fraction of sp³-hybridized carbons (Fsp3) is 0.353. The topological polar surface area (TPSA) is 104 Å². The number of rotatable bonds is 4. The third-order valence-corrected chi connectivity index (χ3v) is 4.39. The summed E-state index contributed by atoms with van der Waals surface area (Å²) in [6, 6.07) is 7.80. The lowest BCUT2D eigenvalue weighted by atomic mass is 10.0. The second-order valence-corrected chi connectivity index (χ2v) is 6.19. The summed E-state index contributed by atoms with van der Waals surface area (Å²) >= 11 is 0. The summed E-state index contributed by atoms with van der Waals surface area (Å²) in [6.45, 7) is 3.00. The molecule has 0 fully saturated rings. The van der Waals surface area contributed by atoms with Gasteiger partial charge < -0.3 is 11.1 Å². The molecule has 1 unspecified atom stereocenters. The van der Waals surface area contributed by atoms with Gasteiger partial charge in [0.1, 0.15) is 5.82 Å². The van der Waals surface area contributed by atoms with Crippen LogP contribution in [0.3, 0.4) is 0 Å². The van der Waals surface area contributed by atoms with Gasteiger partial charge >= 0.3 is 0 Å². The van der Waals surface area contributed by atoms with E-state index in [0.29, 0.717) is 29.9 Å². The first kappa shape index (κ1) is 16.2. The van der Waals surface area contributed by atoms with E-state index in [9.17, 15) is 9.59 Å². The van der Waals surface area contributed by atoms with Gasteiger partial charge in [0, 0.05) is 24.7 Å². The van der Waals surface area contributed by atoms with Crippen molar-refractivity contribution in [1.29, 1.82) is 0 Å². The van der Waals surface area contributed by atoms with Gasteiger partial charge in [-0.15, -0.1) is 0 Å². The number of nitrogens with one attached hydrogen (secondary N) is 2. The van der Waals surface area contributed by atoms with Gasteiger partial charge in [0.2, 0.25) is 5.95 Å². The lowest BCUT2D eigenvalue weighted by Gasteiger charge is -2.32. The summed E-state index contributed by atoms with van der Waals surface area (Å²) in [6.07, 6.45) is 0.618. The van der Waals surface area contributed by atoms with Gasteiger partial charge in [0.05, 0.1) is 5.56 Å². The van der Waals surface area contributed by atoms with Crippen molar-refractivity contribution in [2.75, 3.05) is 24.6 Å². The molecule has 3 rings (SSSR count). The molecule has 7 nitrogen and oxygen atoms in total. The molecule has 0 radical (unpaired) electrons. The Kier molecular flexibility index (Phi) is 4.35. The van der Waals surface area contributed by atoms with Crippen molar-refractivity contribution in [1.82, 2.24) is 14.9 Å². The van der Waals surface area contributed by atoms with Gasteiger partial charge in [-0.2, -0.15) is 4.98 Å². The van der Waals surface area contributed by atoms with Crippen LogP contribution in [0.2, 0.25) is 0 Å². The molecule has 1 atom stereocenters. The Hall–Kier alpha value is -2.67. The zero-order chi connectivity index (χ0) is 17.3. The SMILES string of the molecule is CC(=O)c1ccc(CN(C)C2CNc3nc(N)[nH]c(=O)c3C2)cc1. The number of aromatic amines is 1. The van der Waals surface area contributed by atoms with E-state index in [2.05, 4.69) is 20.2 Å². The Morgan fingerprint density at radius 2 is 2.08 bits per heavy atom. The first-order chi connectivity index (χ1) is 11.4. The van der Waals surface area contributed by atoms with Crippen LogP contribution in [0, 0.1) is 0 Å². The summed E-state index contributed by atoms with van der Waals surface area (Å²) in [5, 5.41) is 3.19. The highest BCUT2D eigenvalue weighted by Crippen LogP contribution is 2.20. The molecule has 0 aliphatic carbocycles. The number of ketones is 1. The number of likely N-dealkylation sites (N-methyl/N-ethyl adjacent to an activating group) is 1. The van der Waals surface area contributed by atoms with Crippen LogP contribution in [0.15, 0.2) is 29.1 Å². The van der Waals surface area contributed by atoms with Gasteiger partial charge in [0.25, 0.3) is 5.56 Å². The summed E-state index contributed by atoms with van der Waals surface area (Å²) in [4.78, 5) is 32.3. The largest absolute Gasteiger partial charge is 0.369 e. The molecule has 7 heteroatoms. The maximum Gasteiger partial charge on any atom is 0.257 e. The molecule has 0 spiro atoms. The van der Waals surface area contributed by atoms with Crippen molar-refractivity contribution in [3.63, 3.8) is 0 Å². The molecule has 1 aromatic heterocycles. The highest BCUT2D eigenvalue weighted by atomic mass is 16.1. The number of aromatic nitrogens is 2. The first-order valence-corrected chi connectivity index (χ1v) is 7.86. The van der Waals surface area contributed by atoms with Crippen LogP contribution in [-0.4, -0.2) is 40.3 Å². The van der Waals surface area contributed by atoms with E-state index >= 15 is 0 Å². The molecule has 126 valence electrons. The smallest absolute Gasteiger partial charge is 0.257 e. The van der Waals surface area contributed by atoms with Crippen LogP contribution in [-0.2, 0) is 13.0 Å². The molecule has 24 heavy (non-hydrogen) atoms. The number of H-pyrrole nitrogens is 1. The molecule has 1 aliphatic rings. The van der Waals surface area contributed by atoms with E-state index < -0.39 is 0 Å². The molecular weight excluding hydrogens is 306 g/mol. The number of hydrogen-bond acceptors (Lipinski definition) is 6. The van der Waals surface area contributed by atoms with Gasteiger partial charge in [-0.05, 0) is 26.0 Å². The molecule has 0 amide bonds. The third kappa shape index (κ3) is 3.30. The Morgan fingerprint density at radius 3 is 2.75 bits per heavy atom. The van der Waals surface area contributed by atoms with E-state index in [4.69, 9.17) is 5.73 Å². The Morgan fingerprint density at radius 1 is 1.38 bits per heavy atom. The van der Waals surface area contributed by atoms with Crippen molar-refractivity contribution in [3.05, 3.63) is 51.3 Å². The van der Waals surface area contributed by atoms with E-state index in [0.717, 1.165) is 12.1 Å². The van der Waals surface area contributed by atoms with Crippen LogP contribution in [0.5, 0.6) is 0 Å². The number of hydrogen-bond donors (Lipinski definition) is 3. The summed E-state index contributed by atoms with van der Waals surface area (Å²) in [5.74, 6) is 0.768. The average Bonchev–Trinajstić information content (AvgIpc) is 2.55. The van der Waals surface area contributed by atoms with Crippen LogP contribution in [0.1, 0.15) is 28.4 Å². The molecule has 1 aromatic carbocycles. The molecular formula is C17H21N5O2. The predicted molar refractivity (Wildman–Crippen MR) is 93.2 cm³/mol. The number of Topliss-reactive ketones (excluding diaryl/α,β-unsaturated/α-hetero) is 1. The monoisotopic (exact) mass is 327 g/mol. The second-order valence-electron chi connectivity index (χ2n) is 6.19. The standard InChI is InChI=1S/C17H21N5O2/c1-10(23)12-5-3-11(4-6-12)9-22(2)13-7-14-15(19-8-13)20-17(18)21-16(14)24/h3-6,13H,7-9H2,1-2H3,(H4,18,19,20,21,24). The third-order valence-electron chi connectivity index (χ3n) is 4.39. The summed E-state index contributed by atoms with van der Waals surface area (Å²) in [5.41, 5.74) is 7.86. The number of nitrogens with two attached hydrogens (primary N) is 1. The minimum Gasteiger partial charge on any atom is -0.369 e. The molecule has 2 heterocycles. The average molecular weight is 327 g/mol. The van der Waals surface area contributed by atoms with Crippen molar-refractivity contribution < 1.29 is 4.79 Å². The number of anilines is 2. The lowest BCUT2D eigenvalue weighted by molar-refractivity contribution is 0.101. The Labute approximate surface area is 139 Å². The van der Waals surface area contributed by atoms with E-state index in [-0.39, 0.29) is 23.3 Å². The highest BCUT2D eigenvalue weighted by Gasteiger charge is 2.25. The number of benzene rings is 1. The number of nitrogens with zero attached hydrogens (tertiary/aromatic N) is 2. The van der Waals surface area contributed by atoms with Crippen molar-refractivity contribution in [2.24, 2.45) is 0 Å². The van der Waals surface area contributed by atoms with Gasteiger partial charge in [-0.3, -0.25) is 19.5 Å². The summed E-state index contributed by atoms with van der Waals surface area (Å²) < 4.78 is 0. The minimum absolute atomic E-state index is 0.0639. The first-order valence-electron chi connectivity index (χ1n) is 7.86. The van der Waals surface area contributed by atoms with Gasteiger partial charge in [-0.1, -0.05) is 24.3 Å². The normalized spacial score (nSPS) is 16.5. The van der Waals surface area contributed by atoms with Crippen LogP contribution >= 0.6 is 0 Å². The fourth-order valence-electron chi connectivity index (χ4n) is 2.95. The van der Waals surface area contributed by atoms with Gasteiger partial charge in [0.15, 0.2) is 5.78 Å². The molecule has 0 saturated carbocycles. The zero-order valence-electron chi connectivity index (χ0n) is 13.8. The quantitative estimate of drug-likeness (QED) is 0.725. The van der Waals surface area contributed by atoms with Crippen LogP contribution in [0.25, 0.3) is 0 Å². The predicted octanol–water partition coefficient (Wildman–Crippen LogP) is 1.02. The van der Waals surface area contributed by atoms with E-state index in [1.165, 1.54) is 0 Å². The molecule has 0 bridgehead atoms. The Bertz CT molecular complexity index is 813. The number of nitrogen functional groups attached to an aromatic ring is 1. The maximum atomic E-state index is 12.0. The molecule has 2 aromatic rings. The zero-order valence-corrected chi connectivity index (χ0v) is 13.8. The van der Waals surface area contributed by atoms with Crippen molar-refractivity contribution >= 4 is 17.5 Å². The molecule has 1 aliphatic heterocycles. The van der Waals surface area contributed by atoms with Crippen LogP contribution in [0.4, 0.5) is 11.8 Å². The fourth-order valence-corrected chi connectivity index (χ4v) is 2.95. The second kappa shape index (κ2) is 6.45. The molecule has 0 saturated heterocycles. The minimum atomic E-state index is -0.186. The van der Waals surface area contributed by atoms with Crippen molar-refractivity contribution in [3.8, 4) is 0 Å². The number of carbonyl (C=O) groups excluding carboxylic acids is 1. The maximum absolute atomic E-state index is 12.0. The summed E-state index contributed by atoms with van der Waals surface area (Å²) in [7, 11) is 2.02.